The Bertz CT molecular complexity index is 503. The van der Waals surface area contributed by atoms with Gasteiger partial charge >= 0.3 is 0 Å². The van der Waals surface area contributed by atoms with Crippen molar-refractivity contribution in [1.82, 2.24) is 15.5 Å². The predicted molar refractivity (Wildman–Crippen MR) is 71.3 cm³/mol. The molecule has 0 spiro atoms. The first kappa shape index (κ1) is 12.8. The highest BCUT2D eigenvalue weighted by Crippen LogP contribution is 2.20. The van der Waals surface area contributed by atoms with Gasteiger partial charge < -0.3 is 9.84 Å². The topological polar surface area (TPSA) is 51.0 Å². The van der Waals surface area contributed by atoms with Crippen molar-refractivity contribution in [2.45, 2.75) is 32.7 Å². The highest BCUT2D eigenvalue weighted by Gasteiger charge is 2.13. The molecule has 0 bridgehead atoms. The molecule has 0 saturated heterocycles. The Balaban J connectivity index is 2.18. The third-order valence-corrected chi connectivity index (χ3v) is 3.18. The van der Waals surface area contributed by atoms with Gasteiger partial charge in [0.05, 0.1) is 0 Å². The van der Waals surface area contributed by atoms with Gasteiger partial charge in [0.25, 0.3) is 0 Å². The van der Waals surface area contributed by atoms with Crippen LogP contribution in [0, 0.1) is 6.92 Å². The molecule has 1 atom stereocenters. The van der Waals surface area contributed by atoms with Gasteiger partial charge in [0.1, 0.15) is 0 Å². The van der Waals surface area contributed by atoms with Crippen molar-refractivity contribution in [3.8, 4) is 11.4 Å². The molecule has 1 heterocycles. The van der Waals surface area contributed by atoms with Crippen LogP contribution in [0.4, 0.5) is 0 Å². The third kappa shape index (κ3) is 2.76. The molecule has 0 radical (unpaired) electrons. The molecule has 0 saturated carbocycles. The average molecular weight is 245 g/mol. The minimum atomic E-state index is 0.384. The summed E-state index contributed by atoms with van der Waals surface area (Å²) in [7, 11) is 1.95. The smallest absolute Gasteiger partial charge is 0.228 e. The summed E-state index contributed by atoms with van der Waals surface area (Å²) < 4.78 is 5.31. The van der Waals surface area contributed by atoms with Crippen LogP contribution in [0.1, 0.15) is 24.8 Å². The van der Waals surface area contributed by atoms with E-state index in [-0.39, 0.29) is 0 Å². The van der Waals surface area contributed by atoms with Gasteiger partial charge in [-0.15, -0.1) is 0 Å². The van der Waals surface area contributed by atoms with Gasteiger partial charge in [-0.05, 0) is 26.0 Å². The molecule has 0 aliphatic carbocycles. The second kappa shape index (κ2) is 5.78. The van der Waals surface area contributed by atoms with Crippen molar-refractivity contribution in [1.29, 1.82) is 0 Å². The zero-order chi connectivity index (χ0) is 13.0. The highest BCUT2D eigenvalue weighted by molar-refractivity contribution is 5.58. The Hall–Kier alpha value is -1.68. The first-order valence-corrected chi connectivity index (χ1v) is 6.30. The van der Waals surface area contributed by atoms with E-state index in [0.717, 1.165) is 24.0 Å². The fourth-order valence-electron chi connectivity index (χ4n) is 1.93. The van der Waals surface area contributed by atoms with Crippen LogP contribution in [0.2, 0.25) is 0 Å². The van der Waals surface area contributed by atoms with Gasteiger partial charge in [-0.1, -0.05) is 36.3 Å². The van der Waals surface area contributed by atoms with Crippen LogP contribution in [0.3, 0.4) is 0 Å². The maximum atomic E-state index is 5.31. The lowest BCUT2D eigenvalue weighted by Crippen LogP contribution is -2.26. The standard InChI is InChI=1S/C14H19N3O/c1-4-11(15-3)9-13-16-14(17-18-13)12-8-6-5-7-10(12)2/h5-8,11,15H,4,9H2,1-3H3. The van der Waals surface area contributed by atoms with Gasteiger partial charge in [-0.2, -0.15) is 4.98 Å². The summed E-state index contributed by atoms with van der Waals surface area (Å²) in [4.78, 5) is 4.46. The van der Waals surface area contributed by atoms with Gasteiger partial charge in [-0.3, -0.25) is 0 Å². The van der Waals surface area contributed by atoms with Crippen molar-refractivity contribution >= 4 is 0 Å². The van der Waals surface area contributed by atoms with E-state index in [1.807, 2.05) is 38.2 Å². The second-order valence-electron chi connectivity index (χ2n) is 4.42. The van der Waals surface area contributed by atoms with E-state index in [2.05, 4.69) is 22.4 Å². The Kier molecular flexibility index (Phi) is 4.10. The lowest BCUT2D eigenvalue weighted by molar-refractivity contribution is 0.359. The molecule has 2 aromatic rings. The molecule has 0 aliphatic heterocycles. The minimum absolute atomic E-state index is 0.384. The molecule has 2 rings (SSSR count). The molecule has 18 heavy (non-hydrogen) atoms. The van der Waals surface area contributed by atoms with Crippen LogP contribution in [0.15, 0.2) is 28.8 Å². The lowest BCUT2D eigenvalue weighted by Gasteiger charge is -2.09. The molecule has 0 amide bonds. The zero-order valence-corrected chi connectivity index (χ0v) is 11.1. The molecule has 0 fully saturated rings. The summed E-state index contributed by atoms with van der Waals surface area (Å²) in [6.45, 7) is 4.19. The molecule has 96 valence electrons. The maximum absolute atomic E-state index is 5.31. The van der Waals surface area contributed by atoms with E-state index >= 15 is 0 Å². The van der Waals surface area contributed by atoms with Crippen LogP contribution in [0.5, 0.6) is 0 Å². The fourth-order valence-corrected chi connectivity index (χ4v) is 1.93. The molecule has 0 aliphatic rings. The monoisotopic (exact) mass is 245 g/mol. The Morgan fingerprint density at radius 2 is 2.11 bits per heavy atom. The van der Waals surface area contributed by atoms with Crippen molar-refractivity contribution in [3.05, 3.63) is 35.7 Å². The summed E-state index contributed by atoms with van der Waals surface area (Å²) in [5.41, 5.74) is 2.19. The highest BCUT2D eigenvalue weighted by atomic mass is 16.5. The molecular formula is C14H19N3O. The van der Waals surface area contributed by atoms with E-state index in [9.17, 15) is 0 Å². The normalized spacial score (nSPS) is 12.6. The van der Waals surface area contributed by atoms with Crippen LogP contribution in [0.25, 0.3) is 11.4 Å². The van der Waals surface area contributed by atoms with Gasteiger partial charge in [0.15, 0.2) is 0 Å². The van der Waals surface area contributed by atoms with E-state index < -0.39 is 0 Å². The van der Waals surface area contributed by atoms with E-state index in [4.69, 9.17) is 4.52 Å². The summed E-state index contributed by atoms with van der Waals surface area (Å²) in [5, 5.41) is 7.29. The summed E-state index contributed by atoms with van der Waals surface area (Å²) in [6.07, 6.45) is 1.81. The number of nitrogens with zero attached hydrogens (tertiary/aromatic N) is 2. The average Bonchev–Trinajstić information content (AvgIpc) is 2.85. The van der Waals surface area contributed by atoms with Crippen molar-refractivity contribution in [2.75, 3.05) is 7.05 Å². The fraction of sp³-hybridized carbons (Fsp3) is 0.429. The van der Waals surface area contributed by atoms with E-state index in [0.29, 0.717) is 17.8 Å². The number of likely N-dealkylation sites (N-methyl/N-ethyl adjacent to an activating group) is 1. The molecule has 1 N–H and O–H groups in total. The number of benzene rings is 1. The number of hydrogen-bond donors (Lipinski definition) is 1. The van der Waals surface area contributed by atoms with Crippen LogP contribution in [-0.2, 0) is 6.42 Å². The molecule has 4 nitrogen and oxygen atoms in total. The largest absolute Gasteiger partial charge is 0.339 e. The molecule has 1 aromatic heterocycles. The van der Waals surface area contributed by atoms with E-state index in [1.165, 1.54) is 0 Å². The Morgan fingerprint density at radius 3 is 2.78 bits per heavy atom. The maximum Gasteiger partial charge on any atom is 0.228 e. The first-order chi connectivity index (χ1) is 8.74. The van der Waals surface area contributed by atoms with Crippen LogP contribution < -0.4 is 5.32 Å². The predicted octanol–water partition coefficient (Wildman–Crippen LogP) is 2.59. The first-order valence-electron chi connectivity index (χ1n) is 6.30. The Morgan fingerprint density at radius 1 is 1.33 bits per heavy atom. The lowest BCUT2D eigenvalue weighted by atomic mass is 10.1. The second-order valence-corrected chi connectivity index (χ2v) is 4.42. The van der Waals surface area contributed by atoms with Crippen LogP contribution in [-0.4, -0.2) is 23.2 Å². The molecule has 1 aromatic carbocycles. The molecule has 1 unspecified atom stereocenters. The number of aromatic nitrogens is 2. The van der Waals surface area contributed by atoms with Crippen molar-refractivity contribution < 1.29 is 4.52 Å². The van der Waals surface area contributed by atoms with Gasteiger partial charge in [0.2, 0.25) is 11.7 Å². The van der Waals surface area contributed by atoms with Crippen molar-refractivity contribution in [3.63, 3.8) is 0 Å². The zero-order valence-electron chi connectivity index (χ0n) is 11.1. The SMILES string of the molecule is CCC(Cc1nc(-c2ccccc2C)no1)NC. The van der Waals surface area contributed by atoms with Gasteiger partial charge in [0, 0.05) is 18.0 Å². The van der Waals surface area contributed by atoms with Crippen LogP contribution >= 0.6 is 0 Å². The third-order valence-electron chi connectivity index (χ3n) is 3.18. The van der Waals surface area contributed by atoms with Crippen molar-refractivity contribution in [2.24, 2.45) is 0 Å². The quantitative estimate of drug-likeness (QED) is 0.879. The number of nitrogens with one attached hydrogen (secondary N) is 1. The van der Waals surface area contributed by atoms with Gasteiger partial charge in [-0.25, -0.2) is 0 Å². The summed E-state index contributed by atoms with van der Waals surface area (Å²) in [5.74, 6) is 1.36. The number of aryl methyl sites for hydroxylation is 1. The number of hydrogen-bond acceptors (Lipinski definition) is 4. The molecule has 4 heteroatoms. The Labute approximate surface area is 107 Å². The van der Waals surface area contributed by atoms with E-state index in [1.54, 1.807) is 0 Å². The summed E-state index contributed by atoms with van der Waals surface area (Å²) >= 11 is 0. The summed E-state index contributed by atoms with van der Waals surface area (Å²) in [6, 6.07) is 8.44. The molecular weight excluding hydrogens is 226 g/mol. The minimum Gasteiger partial charge on any atom is -0.339 e. The number of rotatable bonds is 5.